The lowest BCUT2D eigenvalue weighted by Crippen LogP contribution is -1.97. The molecule has 1 aromatic carbocycles. The fourth-order valence-corrected chi connectivity index (χ4v) is 2.42. The highest BCUT2D eigenvalue weighted by Crippen LogP contribution is 2.27. The Bertz CT molecular complexity index is 522. The number of aromatic nitrogens is 3. The summed E-state index contributed by atoms with van der Waals surface area (Å²) in [6.45, 7) is 2.05. The molecule has 0 aliphatic carbocycles. The second kappa shape index (κ2) is 4.55. The zero-order chi connectivity index (χ0) is 11.7. The Morgan fingerprint density at radius 2 is 2.12 bits per heavy atom. The molecule has 0 amide bonds. The lowest BCUT2D eigenvalue weighted by molar-refractivity contribution is 0.853. The number of hydrogen-bond acceptors (Lipinski definition) is 2. The van der Waals surface area contributed by atoms with Gasteiger partial charge in [0.2, 0.25) is 0 Å². The lowest BCUT2D eigenvalue weighted by atomic mass is 10.1. The number of aryl methyl sites for hydroxylation is 1. The third kappa shape index (κ3) is 1.99. The van der Waals surface area contributed by atoms with E-state index in [4.69, 9.17) is 11.6 Å². The molecule has 84 valence electrons. The summed E-state index contributed by atoms with van der Waals surface area (Å²) in [7, 11) is 1.92. The quantitative estimate of drug-likeness (QED) is 0.797. The first kappa shape index (κ1) is 11.6. The average molecular weight is 301 g/mol. The van der Waals surface area contributed by atoms with Crippen molar-refractivity contribution < 1.29 is 0 Å². The van der Waals surface area contributed by atoms with E-state index >= 15 is 0 Å². The third-order valence-electron chi connectivity index (χ3n) is 2.45. The van der Waals surface area contributed by atoms with E-state index in [0.29, 0.717) is 5.88 Å². The Kier molecular flexibility index (Phi) is 3.30. The molecule has 16 heavy (non-hydrogen) atoms. The molecular formula is C11H11BrClN3. The molecule has 0 bridgehead atoms. The van der Waals surface area contributed by atoms with Crippen molar-refractivity contribution in [2.45, 2.75) is 12.8 Å². The summed E-state index contributed by atoms with van der Waals surface area (Å²) in [5, 5.41) is 8.18. The van der Waals surface area contributed by atoms with Crippen LogP contribution in [0.3, 0.4) is 0 Å². The number of nitrogens with zero attached hydrogens (tertiary/aromatic N) is 3. The molecule has 5 heteroatoms. The van der Waals surface area contributed by atoms with Crippen molar-refractivity contribution in [3.05, 3.63) is 34.1 Å². The van der Waals surface area contributed by atoms with Crippen molar-refractivity contribution in [3.63, 3.8) is 0 Å². The molecule has 0 N–H and O–H groups in total. The summed E-state index contributed by atoms with van der Waals surface area (Å²) < 4.78 is 2.92. The summed E-state index contributed by atoms with van der Waals surface area (Å²) in [5.74, 6) is 1.96. The standard InChI is InChI=1S/C11H11BrClN3/c1-7-3-4-8(9(12)5-7)11-15-14-10(6-13)16(11)2/h3-5H,6H2,1-2H3. The maximum Gasteiger partial charge on any atom is 0.164 e. The summed E-state index contributed by atoms with van der Waals surface area (Å²) in [6.07, 6.45) is 0. The molecule has 0 saturated heterocycles. The minimum absolute atomic E-state index is 0.368. The fourth-order valence-electron chi connectivity index (χ4n) is 1.51. The molecule has 1 heterocycles. The van der Waals surface area contributed by atoms with Crippen LogP contribution < -0.4 is 0 Å². The molecule has 0 unspecified atom stereocenters. The SMILES string of the molecule is Cc1ccc(-c2nnc(CCl)n2C)c(Br)c1. The number of halogens is 2. The molecule has 0 fully saturated rings. The van der Waals surface area contributed by atoms with Gasteiger partial charge in [0, 0.05) is 17.1 Å². The van der Waals surface area contributed by atoms with Crippen molar-refractivity contribution in [2.24, 2.45) is 7.05 Å². The van der Waals surface area contributed by atoms with Gasteiger partial charge in [0.15, 0.2) is 5.82 Å². The van der Waals surface area contributed by atoms with E-state index in [1.54, 1.807) is 0 Å². The summed E-state index contributed by atoms with van der Waals surface area (Å²) >= 11 is 9.30. The van der Waals surface area contributed by atoms with Crippen LogP contribution in [0.5, 0.6) is 0 Å². The molecule has 0 saturated carbocycles. The highest BCUT2D eigenvalue weighted by atomic mass is 79.9. The van der Waals surface area contributed by atoms with Gasteiger partial charge in [0.1, 0.15) is 5.82 Å². The van der Waals surface area contributed by atoms with E-state index in [1.165, 1.54) is 5.56 Å². The second-order valence-corrected chi connectivity index (χ2v) is 4.74. The van der Waals surface area contributed by atoms with E-state index in [-0.39, 0.29) is 0 Å². The van der Waals surface area contributed by atoms with Crippen LogP contribution in [-0.4, -0.2) is 14.8 Å². The zero-order valence-corrected chi connectivity index (χ0v) is 11.4. The topological polar surface area (TPSA) is 30.7 Å². The van der Waals surface area contributed by atoms with Gasteiger partial charge < -0.3 is 4.57 Å². The van der Waals surface area contributed by atoms with Gasteiger partial charge in [-0.25, -0.2) is 0 Å². The van der Waals surface area contributed by atoms with E-state index < -0.39 is 0 Å². The minimum Gasteiger partial charge on any atom is -0.313 e. The fraction of sp³-hybridized carbons (Fsp3) is 0.273. The Morgan fingerprint density at radius 3 is 2.69 bits per heavy atom. The molecular weight excluding hydrogens is 289 g/mol. The molecule has 2 rings (SSSR count). The normalized spacial score (nSPS) is 10.8. The van der Waals surface area contributed by atoms with Gasteiger partial charge in [0.25, 0.3) is 0 Å². The summed E-state index contributed by atoms with van der Waals surface area (Å²) in [6, 6.07) is 6.14. The van der Waals surface area contributed by atoms with Crippen LogP contribution in [0.25, 0.3) is 11.4 Å². The van der Waals surface area contributed by atoms with Gasteiger partial charge in [-0.05, 0) is 24.6 Å². The first-order chi connectivity index (χ1) is 7.63. The summed E-state index contributed by atoms with van der Waals surface area (Å²) in [5.41, 5.74) is 2.23. The van der Waals surface area contributed by atoms with Crippen molar-refractivity contribution in [1.29, 1.82) is 0 Å². The van der Waals surface area contributed by atoms with E-state index in [1.807, 2.05) is 17.7 Å². The maximum absolute atomic E-state index is 5.76. The number of hydrogen-bond donors (Lipinski definition) is 0. The summed E-state index contributed by atoms with van der Waals surface area (Å²) in [4.78, 5) is 0. The Hall–Kier alpha value is -0.870. The van der Waals surface area contributed by atoms with Gasteiger partial charge in [-0.3, -0.25) is 0 Å². The van der Waals surface area contributed by atoms with Crippen LogP contribution in [0.4, 0.5) is 0 Å². The molecule has 0 radical (unpaired) electrons. The first-order valence-corrected chi connectivity index (χ1v) is 6.17. The van der Waals surface area contributed by atoms with E-state index in [2.05, 4.69) is 45.2 Å². The van der Waals surface area contributed by atoms with Gasteiger partial charge in [0.05, 0.1) is 5.88 Å². The van der Waals surface area contributed by atoms with Gasteiger partial charge in [-0.2, -0.15) is 0 Å². The monoisotopic (exact) mass is 299 g/mol. The molecule has 1 aromatic heterocycles. The van der Waals surface area contributed by atoms with Crippen LogP contribution in [0.2, 0.25) is 0 Å². The second-order valence-electron chi connectivity index (χ2n) is 3.62. The van der Waals surface area contributed by atoms with Crippen LogP contribution in [0, 0.1) is 6.92 Å². The van der Waals surface area contributed by atoms with Gasteiger partial charge in [-0.15, -0.1) is 21.8 Å². The van der Waals surface area contributed by atoms with Gasteiger partial charge in [-0.1, -0.05) is 22.0 Å². The van der Waals surface area contributed by atoms with Crippen LogP contribution >= 0.6 is 27.5 Å². The first-order valence-electron chi connectivity index (χ1n) is 4.84. The van der Waals surface area contributed by atoms with Crippen molar-refractivity contribution in [1.82, 2.24) is 14.8 Å². The highest BCUT2D eigenvalue weighted by Gasteiger charge is 2.12. The van der Waals surface area contributed by atoms with Crippen molar-refractivity contribution in [3.8, 4) is 11.4 Å². The van der Waals surface area contributed by atoms with Crippen LogP contribution in [0.1, 0.15) is 11.4 Å². The molecule has 0 spiro atoms. The third-order valence-corrected chi connectivity index (χ3v) is 3.35. The Labute approximate surface area is 108 Å². The average Bonchev–Trinajstić information content (AvgIpc) is 2.60. The van der Waals surface area contributed by atoms with E-state index in [9.17, 15) is 0 Å². The molecule has 0 atom stereocenters. The Morgan fingerprint density at radius 1 is 1.38 bits per heavy atom. The predicted octanol–water partition coefficient (Wildman–Crippen LogP) is 3.29. The highest BCUT2D eigenvalue weighted by molar-refractivity contribution is 9.10. The molecule has 0 aliphatic rings. The molecule has 3 nitrogen and oxygen atoms in total. The Balaban J connectivity index is 2.54. The van der Waals surface area contributed by atoms with Crippen molar-refractivity contribution in [2.75, 3.05) is 0 Å². The predicted molar refractivity (Wildman–Crippen MR) is 68.4 cm³/mol. The number of rotatable bonds is 2. The lowest BCUT2D eigenvalue weighted by Gasteiger charge is -2.05. The van der Waals surface area contributed by atoms with Gasteiger partial charge >= 0.3 is 0 Å². The maximum atomic E-state index is 5.76. The number of benzene rings is 1. The largest absolute Gasteiger partial charge is 0.313 e. The number of alkyl halides is 1. The van der Waals surface area contributed by atoms with Crippen LogP contribution in [-0.2, 0) is 12.9 Å². The van der Waals surface area contributed by atoms with Crippen molar-refractivity contribution >= 4 is 27.5 Å². The smallest absolute Gasteiger partial charge is 0.164 e. The van der Waals surface area contributed by atoms with E-state index in [0.717, 1.165) is 21.7 Å². The zero-order valence-electron chi connectivity index (χ0n) is 9.04. The van der Waals surface area contributed by atoms with Crippen LogP contribution in [0.15, 0.2) is 22.7 Å². The molecule has 0 aliphatic heterocycles. The minimum atomic E-state index is 0.368. The molecule has 2 aromatic rings.